The van der Waals surface area contributed by atoms with Crippen LogP contribution in [0.3, 0.4) is 0 Å². The average molecular weight is 223 g/mol. The van der Waals surface area contributed by atoms with Crippen LogP contribution in [0.15, 0.2) is 0 Å². The van der Waals surface area contributed by atoms with Gasteiger partial charge in [0, 0.05) is 13.1 Å². The number of rotatable bonds is 4. The standard InChI is InChI=1S/C8H17NO4S/c1-2-3-8(14(10,11)12)9-4-6-13-7-5-9/h8H,2-7H2,1H3,(H,10,11,12). The molecular formula is C8H17NO4S. The first-order valence-corrected chi connectivity index (χ1v) is 6.34. The fraction of sp³-hybridized carbons (Fsp3) is 1.00. The molecule has 14 heavy (non-hydrogen) atoms. The molecule has 1 aliphatic heterocycles. The van der Waals surface area contributed by atoms with Crippen LogP contribution in [0.25, 0.3) is 0 Å². The van der Waals surface area contributed by atoms with Gasteiger partial charge in [0.25, 0.3) is 10.1 Å². The van der Waals surface area contributed by atoms with Gasteiger partial charge < -0.3 is 4.74 Å². The van der Waals surface area contributed by atoms with Crippen molar-refractivity contribution in [2.75, 3.05) is 26.3 Å². The molecule has 0 bridgehead atoms. The van der Waals surface area contributed by atoms with E-state index in [4.69, 9.17) is 9.29 Å². The highest BCUT2D eigenvalue weighted by atomic mass is 32.2. The van der Waals surface area contributed by atoms with E-state index in [-0.39, 0.29) is 0 Å². The molecule has 84 valence electrons. The van der Waals surface area contributed by atoms with E-state index >= 15 is 0 Å². The molecule has 0 aromatic heterocycles. The SMILES string of the molecule is CCCC(N1CCOCC1)S(=O)(=O)O. The van der Waals surface area contributed by atoms with Crippen molar-refractivity contribution in [2.45, 2.75) is 25.1 Å². The number of morpholine rings is 1. The van der Waals surface area contributed by atoms with E-state index in [9.17, 15) is 8.42 Å². The van der Waals surface area contributed by atoms with Gasteiger partial charge in [-0.2, -0.15) is 8.42 Å². The Morgan fingerprint density at radius 1 is 1.43 bits per heavy atom. The Morgan fingerprint density at radius 3 is 2.43 bits per heavy atom. The Hall–Kier alpha value is -0.170. The van der Waals surface area contributed by atoms with Crippen LogP contribution < -0.4 is 0 Å². The summed E-state index contributed by atoms with van der Waals surface area (Å²) in [6.45, 7) is 4.12. The minimum atomic E-state index is -3.96. The van der Waals surface area contributed by atoms with E-state index in [1.54, 1.807) is 4.90 Å². The summed E-state index contributed by atoms with van der Waals surface area (Å²) in [5, 5.41) is -0.753. The lowest BCUT2D eigenvalue weighted by molar-refractivity contribution is 0.0284. The van der Waals surface area contributed by atoms with Crippen LogP contribution in [0, 0.1) is 0 Å². The summed E-state index contributed by atoms with van der Waals surface area (Å²) < 4.78 is 36.4. The highest BCUT2D eigenvalue weighted by Crippen LogP contribution is 2.14. The molecule has 0 aromatic carbocycles. The fourth-order valence-electron chi connectivity index (χ4n) is 1.63. The van der Waals surface area contributed by atoms with Gasteiger partial charge in [0.1, 0.15) is 5.37 Å². The lowest BCUT2D eigenvalue weighted by atomic mass is 10.3. The quantitative estimate of drug-likeness (QED) is 0.696. The van der Waals surface area contributed by atoms with E-state index < -0.39 is 15.5 Å². The van der Waals surface area contributed by atoms with Gasteiger partial charge in [-0.3, -0.25) is 9.45 Å². The predicted molar refractivity (Wildman–Crippen MR) is 52.6 cm³/mol. The zero-order chi connectivity index (χ0) is 10.6. The molecule has 6 heteroatoms. The molecule has 1 saturated heterocycles. The first-order valence-electron chi connectivity index (χ1n) is 4.83. The maximum absolute atomic E-state index is 11.1. The molecule has 0 aromatic rings. The Balaban J connectivity index is 2.66. The highest BCUT2D eigenvalue weighted by molar-refractivity contribution is 7.86. The number of hydrogen-bond acceptors (Lipinski definition) is 4. The molecule has 0 aliphatic carbocycles. The zero-order valence-corrected chi connectivity index (χ0v) is 9.16. The van der Waals surface area contributed by atoms with Crippen LogP contribution in [-0.2, 0) is 14.9 Å². The van der Waals surface area contributed by atoms with Crippen molar-refractivity contribution < 1.29 is 17.7 Å². The van der Waals surface area contributed by atoms with Crippen LogP contribution >= 0.6 is 0 Å². The van der Waals surface area contributed by atoms with Gasteiger partial charge in [-0.25, -0.2) is 0 Å². The topological polar surface area (TPSA) is 66.8 Å². The molecule has 0 saturated carbocycles. The summed E-state index contributed by atoms with van der Waals surface area (Å²) >= 11 is 0. The molecule has 1 heterocycles. The normalized spacial score (nSPS) is 22.1. The molecule has 0 radical (unpaired) electrons. The van der Waals surface area contributed by atoms with Crippen LogP contribution in [0.5, 0.6) is 0 Å². The van der Waals surface area contributed by atoms with Crippen LogP contribution in [0.4, 0.5) is 0 Å². The van der Waals surface area contributed by atoms with Crippen molar-refractivity contribution >= 4 is 10.1 Å². The average Bonchev–Trinajstić information content (AvgIpc) is 2.14. The van der Waals surface area contributed by atoms with Gasteiger partial charge in [-0.15, -0.1) is 0 Å². The molecule has 1 N–H and O–H groups in total. The monoisotopic (exact) mass is 223 g/mol. The number of nitrogens with zero attached hydrogens (tertiary/aromatic N) is 1. The minimum Gasteiger partial charge on any atom is -0.379 e. The second kappa shape index (κ2) is 5.06. The Bertz CT molecular complexity index is 259. The first kappa shape index (κ1) is 11.9. The van der Waals surface area contributed by atoms with E-state index in [0.717, 1.165) is 6.42 Å². The molecular weight excluding hydrogens is 206 g/mol. The first-order chi connectivity index (χ1) is 6.55. The van der Waals surface area contributed by atoms with Crippen molar-refractivity contribution in [1.29, 1.82) is 0 Å². The molecule has 1 rings (SSSR count). The summed E-state index contributed by atoms with van der Waals surface area (Å²) in [4.78, 5) is 1.77. The van der Waals surface area contributed by atoms with Crippen molar-refractivity contribution in [2.24, 2.45) is 0 Å². The summed E-state index contributed by atoms with van der Waals surface area (Å²) in [7, 11) is -3.96. The van der Waals surface area contributed by atoms with Crippen molar-refractivity contribution in [3.05, 3.63) is 0 Å². The minimum absolute atomic E-state index is 0.471. The molecule has 1 aliphatic rings. The Kier molecular flexibility index (Phi) is 4.31. The third kappa shape index (κ3) is 3.20. The van der Waals surface area contributed by atoms with Gasteiger partial charge in [0.2, 0.25) is 0 Å². The predicted octanol–water partition coefficient (Wildman–Crippen LogP) is 0.333. The Labute approximate surface area is 84.8 Å². The third-order valence-corrected chi connectivity index (χ3v) is 3.55. The lowest BCUT2D eigenvalue weighted by Crippen LogP contribution is -2.47. The van der Waals surface area contributed by atoms with Gasteiger partial charge in [0.05, 0.1) is 13.2 Å². The van der Waals surface area contributed by atoms with E-state index in [1.165, 1.54) is 0 Å². The third-order valence-electron chi connectivity index (χ3n) is 2.33. The fourth-order valence-corrected chi connectivity index (χ4v) is 2.75. The second-order valence-corrected chi connectivity index (χ2v) is 4.98. The van der Waals surface area contributed by atoms with Crippen LogP contribution in [0.1, 0.15) is 19.8 Å². The molecule has 1 atom stereocenters. The van der Waals surface area contributed by atoms with E-state index in [2.05, 4.69) is 0 Å². The van der Waals surface area contributed by atoms with Crippen LogP contribution in [0.2, 0.25) is 0 Å². The van der Waals surface area contributed by atoms with Gasteiger partial charge in [-0.05, 0) is 6.42 Å². The summed E-state index contributed by atoms with van der Waals surface area (Å²) in [6, 6.07) is 0. The van der Waals surface area contributed by atoms with Crippen LogP contribution in [-0.4, -0.2) is 49.5 Å². The zero-order valence-electron chi connectivity index (χ0n) is 8.35. The molecule has 5 nitrogen and oxygen atoms in total. The van der Waals surface area contributed by atoms with Gasteiger partial charge in [-0.1, -0.05) is 13.3 Å². The Morgan fingerprint density at radius 2 is 2.00 bits per heavy atom. The second-order valence-electron chi connectivity index (χ2n) is 3.41. The smallest absolute Gasteiger partial charge is 0.281 e. The maximum atomic E-state index is 11.1. The largest absolute Gasteiger partial charge is 0.379 e. The van der Waals surface area contributed by atoms with Crippen molar-refractivity contribution in [3.8, 4) is 0 Å². The number of hydrogen-bond donors (Lipinski definition) is 1. The van der Waals surface area contributed by atoms with Gasteiger partial charge >= 0.3 is 0 Å². The molecule has 0 amide bonds. The van der Waals surface area contributed by atoms with E-state index in [1.807, 2.05) is 6.92 Å². The lowest BCUT2D eigenvalue weighted by Gasteiger charge is -2.32. The molecule has 1 fully saturated rings. The molecule has 1 unspecified atom stereocenters. The molecule has 0 spiro atoms. The number of ether oxygens (including phenoxy) is 1. The summed E-state index contributed by atoms with van der Waals surface area (Å²) in [6.07, 6.45) is 1.21. The van der Waals surface area contributed by atoms with Crippen molar-refractivity contribution in [3.63, 3.8) is 0 Å². The maximum Gasteiger partial charge on any atom is 0.281 e. The summed E-state index contributed by atoms with van der Waals surface area (Å²) in [5.74, 6) is 0. The van der Waals surface area contributed by atoms with E-state index in [0.29, 0.717) is 32.7 Å². The summed E-state index contributed by atoms with van der Waals surface area (Å²) in [5.41, 5.74) is 0. The highest BCUT2D eigenvalue weighted by Gasteiger charge is 2.29. The van der Waals surface area contributed by atoms with Gasteiger partial charge in [0.15, 0.2) is 0 Å². The van der Waals surface area contributed by atoms with Crippen molar-refractivity contribution in [1.82, 2.24) is 4.90 Å².